The summed E-state index contributed by atoms with van der Waals surface area (Å²) in [5, 5.41) is 18.2. The van der Waals surface area contributed by atoms with Crippen LogP contribution in [0, 0.1) is 25.3 Å². The largest absolute Gasteiger partial charge is 0.225 e. The summed E-state index contributed by atoms with van der Waals surface area (Å²) in [6.07, 6.45) is 3.69. The maximum absolute atomic E-state index is 9.25. The van der Waals surface area contributed by atoms with E-state index in [0.717, 1.165) is 11.4 Å². The minimum atomic E-state index is 0.875. The van der Waals surface area contributed by atoms with Gasteiger partial charge in [-0.15, -0.1) is 5.10 Å². The van der Waals surface area contributed by atoms with Gasteiger partial charge in [0.2, 0.25) is 6.19 Å². The van der Waals surface area contributed by atoms with Gasteiger partial charge < -0.3 is 0 Å². The zero-order chi connectivity index (χ0) is 14.8. The van der Waals surface area contributed by atoms with Crippen LogP contribution in [0.4, 0.5) is 11.4 Å². The third kappa shape index (κ3) is 2.39. The molecule has 0 amide bonds. The smallest absolute Gasteiger partial charge is 0.219 e. The van der Waals surface area contributed by atoms with Crippen molar-refractivity contribution >= 4 is 17.7 Å². The Hall–Kier alpha value is -3.00. The molecule has 104 valence electrons. The lowest BCUT2D eigenvalue weighted by molar-refractivity contribution is 0.413. The summed E-state index contributed by atoms with van der Waals surface area (Å²) in [7, 11) is 0. The molecule has 0 aromatic heterocycles. The van der Waals surface area contributed by atoms with Crippen molar-refractivity contribution in [3.05, 3.63) is 59.7 Å². The molecule has 1 aliphatic heterocycles. The molecule has 0 fully saturated rings. The number of hydrogen-bond acceptors (Lipinski definition) is 5. The topological polar surface area (TPSA) is 45.9 Å². The van der Waals surface area contributed by atoms with Crippen LogP contribution in [0.15, 0.2) is 53.6 Å². The Morgan fingerprint density at radius 1 is 0.857 bits per heavy atom. The van der Waals surface area contributed by atoms with E-state index in [1.54, 1.807) is 11.5 Å². The average Bonchev–Trinajstić information content (AvgIpc) is 2.93. The first-order valence-corrected chi connectivity index (χ1v) is 6.65. The number of nitrogens with zero attached hydrogens (tertiary/aromatic N) is 5. The number of benzene rings is 2. The molecular weight excluding hydrogens is 262 g/mol. The first-order chi connectivity index (χ1) is 10.2. The highest BCUT2D eigenvalue weighted by molar-refractivity contribution is 5.85. The molecule has 0 unspecified atom stereocenters. The van der Waals surface area contributed by atoms with Crippen LogP contribution in [0.25, 0.3) is 0 Å². The Kier molecular flexibility index (Phi) is 3.20. The third-order valence-electron chi connectivity index (χ3n) is 3.31. The predicted molar refractivity (Wildman–Crippen MR) is 83.3 cm³/mol. The summed E-state index contributed by atoms with van der Waals surface area (Å²) in [5.74, 6) is 0. The van der Waals surface area contributed by atoms with Gasteiger partial charge in [0.25, 0.3) is 0 Å². The van der Waals surface area contributed by atoms with Gasteiger partial charge >= 0.3 is 0 Å². The Morgan fingerprint density at radius 2 is 1.38 bits per heavy atom. The Morgan fingerprint density at radius 3 is 1.90 bits per heavy atom. The summed E-state index contributed by atoms with van der Waals surface area (Å²) in [6, 6.07) is 16.0. The minimum Gasteiger partial charge on any atom is -0.219 e. The molecule has 0 saturated heterocycles. The van der Waals surface area contributed by atoms with Crippen LogP contribution in [0.1, 0.15) is 11.1 Å². The van der Waals surface area contributed by atoms with Crippen LogP contribution in [-0.4, -0.2) is 11.5 Å². The highest BCUT2D eigenvalue weighted by atomic mass is 16.0. The summed E-state index contributed by atoms with van der Waals surface area (Å²) in [6.45, 7) is 4.07. The van der Waals surface area contributed by atoms with Crippen molar-refractivity contribution in [2.75, 3.05) is 10.1 Å². The standard InChI is InChI=1S/C16H15N5/c1-13-3-7-15(8-4-13)19-12-18-20(11-17)21(19)16-9-5-14(2)6-10-16/h3-10,12H,1-2H3. The van der Waals surface area contributed by atoms with E-state index in [1.807, 2.05) is 67.4 Å². The number of anilines is 2. The molecule has 1 heterocycles. The Bertz CT molecular complexity index is 697. The molecule has 1 aliphatic rings. The van der Waals surface area contributed by atoms with Crippen LogP contribution >= 0.6 is 0 Å². The summed E-state index contributed by atoms with van der Waals surface area (Å²) < 4.78 is 0. The second kappa shape index (κ2) is 5.17. The fourth-order valence-electron chi connectivity index (χ4n) is 2.14. The van der Waals surface area contributed by atoms with E-state index in [0.29, 0.717) is 0 Å². The number of hydrazine groups is 2. The lowest BCUT2D eigenvalue weighted by Crippen LogP contribution is -2.44. The van der Waals surface area contributed by atoms with Gasteiger partial charge in [0.15, 0.2) is 0 Å². The number of nitriles is 1. The molecule has 21 heavy (non-hydrogen) atoms. The summed E-state index contributed by atoms with van der Waals surface area (Å²) >= 11 is 0. The van der Waals surface area contributed by atoms with Gasteiger partial charge in [0.1, 0.15) is 6.34 Å². The molecule has 2 aromatic carbocycles. The van der Waals surface area contributed by atoms with Gasteiger partial charge in [-0.2, -0.15) is 10.4 Å². The molecule has 0 radical (unpaired) electrons. The second-order valence-electron chi connectivity index (χ2n) is 4.93. The number of aryl methyl sites for hydroxylation is 2. The van der Waals surface area contributed by atoms with Gasteiger partial charge in [-0.3, -0.25) is 0 Å². The predicted octanol–water partition coefficient (Wildman–Crippen LogP) is 3.19. The van der Waals surface area contributed by atoms with Crippen molar-refractivity contribution in [3.63, 3.8) is 0 Å². The fraction of sp³-hybridized carbons (Fsp3) is 0.125. The maximum Gasteiger partial charge on any atom is 0.225 e. The van der Waals surface area contributed by atoms with Crippen molar-refractivity contribution < 1.29 is 0 Å². The van der Waals surface area contributed by atoms with E-state index in [-0.39, 0.29) is 0 Å². The van der Waals surface area contributed by atoms with Crippen LogP contribution in [0.5, 0.6) is 0 Å². The van der Waals surface area contributed by atoms with Crippen molar-refractivity contribution in [2.45, 2.75) is 13.8 Å². The van der Waals surface area contributed by atoms with Crippen LogP contribution in [-0.2, 0) is 0 Å². The lowest BCUT2D eigenvalue weighted by Gasteiger charge is -2.30. The molecule has 2 aromatic rings. The van der Waals surface area contributed by atoms with Gasteiger partial charge in [-0.1, -0.05) is 40.5 Å². The molecular formula is C16H15N5. The average molecular weight is 277 g/mol. The van der Waals surface area contributed by atoms with E-state index >= 15 is 0 Å². The molecule has 0 aliphatic carbocycles. The molecule has 5 heteroatoms. The van der Waals surface area contributed by atoms with Gasteiger partial charge in [0, 0.05) is 0 Å². The van der Waals surface area contributed by atoms with Gasteiger partial charge in [-0.05, 0) is 38.1 Å². The quantitative estimate of drug-likeness (QED) is 0.791. The molecule has 0 N–H and O–H groups in total. The van der Waals surface area contributed by atoms with Crippen molar-refractivity contribution in [1.82, 2.24) is 5.12 Å². The molecule has 0 atom stereocenters. The first-order valence-electron chi connectivity index (χ1n) is 6.65. The van der Waals surface area contributed by atoms with Crippen LogP contribution < -0.4 is 10.1 Å². The normalized spacial score (nSPS) is 13.7. The maximum atomic E-state index is 9.25. The Labute approximate surface area is 123 Å². The van der Waals surface area contributed by atoms with Crippen LogP contribution in [0.3, 0.4) is 0 Å². The zero-order valence-electron chi connectivity index (χ0n) is 11.9. The van der Waals surface area contributed by atoms with E-state index in [2.05, 4.69) is 11.3 Å². The van der Waals surface area contributed by atoms with Gasteiger partial charge in [0.05, 0.1) is 11.4 Å². The van der Waals surface area contributed by atoms with Gasteiger partial charge in [-0.25, -0.2) is 5.01 Å². The lowest BCUT2D eigenvalue weighted by atomic mass is 10.2. The molecule has 0 spiro atoms. The van der Waals surface area contributed by atoms with Crippen molar-refractivity contribution in [2.24, 2.45) is 5.10 Å². The minimum absolute atomic E-state index is 0.875. The van der Waals surface area contributed by atoms with E-state index in [9.17, 15) is 5.26 Å². The Balaban J connectivity index is 1.99. The fourth-order valence-corrected chi connectivity index (χ4v) is 2.14. The summed E-state index contributed by atoms with van der Waals surface area (Å²) in [5.41, 5.74) is 4.18. The highest BCUT2D eigenvalue weighted by Crippen LogP contribution is 2.27. The first kappa shape index (κ1) is 13.0. The molecule has 3 rings (SSSR count). The number of hydrogen-bond donors (Lipinski definition) is 0. The number of rotatable bonds is 2. The third-order valence-corrected chi connectivity index (χ3v) is 3.31. The molecule has 0 bridgehead atoms. The highest BCUT2D eigenvalue weighted by Gasteiger charge is 2.27. The van der Waals surface area contributed by atoms with E-state index in [1.165, 1.54) is 16.2 Å². The molecule has 5 nitrogen and oxygen atoms in total. The van der Waals surface area contributed by atoms with Crippen molar-refractivity contribution in [3.8, 4) is 6.19 Å². The second-order valence-corrected chi connectivity index (χ2v) is 4.93. The van der Waals surface area contributed by atoms with Crippen molar-refractivity contribution in [1.29, 1.82) is 5.26 Å². The summed E-state index contributed by atoms with van der Waals surface area (Å²) in [4.78, 5) is 0. The monoisotopic (exact) mass is 277 g/mol. The number of hydrazone groups is 1. The zero-order valence-corrected chi connectivity index (χ0v) is 11.9. The van der Waals surface area contributed by atoms with Crippen LogP contribution in [0.2, 0.25) is 0 Å². The van der Waals surface area contributed by atoms with E-state index < -0.39 is 0 Å². The SMILES string of the molecule is Cc1ccc(N2C=NN(C#N)N2c2ccc(C)cc2)cc1. The molecule has 0 saturated carbocycles. The van der Waals surface area contributed by atoms with E-state index in [4.69, 9.17) is 0 Å².